The van der Waals surface area contributed by atoms with Crippen LogP contribution in [-0.2, 0) is 28.6 Å². The highest BCUT2D eigenvalue weighted by atomic mass is 16.6. The molecule has 0 bridgehead atoms. The second-order valence-electron chi connectivity index (χ2n) is 22.0. The monoisotopic (exact) mass is 1130 g/mol. The molecule has 0 N–H and O–H groups in total. The fourth-order valence-electron chi connectivity index (χ4n) is 9.10. The Morgan fingerprint density at radius 2 is 0.476 bits per heavy atom. The van der Waals surface area contributed by atoms with E-state index < -0.39 is 6.10 Å². The van der Waals surface area contributed by atoms with Crippen molar-refractivity contribution in [3.8, 4) is 0 Å². The van der Waals surface area contributed by atoms with Crippen molar-refractivity contribution in [1.29, 1.82) is 0 Å². The van der Waals surface area contributed by atoms with Gasteiger partial charge in [-0.3, -0.25) is 14.4 Å². The summed E-state index contributed by atoms with van der Waals surface area (Å²) >= 11 is 0. The molecule has 0 aliphatic carbocycles. The minimum atomic E-state index is -0.803. The lowest BCUT2D eigenvalue weighted by Crippen LogP contribution is -2.30. The van der Waals surface area contributed by atoms with Gasteiger partial charge >= 0.3 is 17.9 Å². The van der Waals surface area contributed by atoms with E-state index in [0.717, 1.165) is 128 Å². The molecule has 0 aromatic heterocycles. The maximum atomic E-state index is 12.9. The summed E-state index contributed by atoms with van der Waals surface area (Å²) in [6.45, 7) is 6.35. The lowest BCUT2D eigenvalue weighted by Gasteiger charge is -2.18. The molecule has 6 heteroatoms. The zero-order chi connectivity index (χ0) is 59.2. The van der Waals surface area contributed by atoms with E-state index in [1.165, 1.54) is 122 Å². The summed E-state index contributed by atoms with van der Waals surface area (Å²) < 4.78 is 16.8. The van der Waals surface area contributed by atoms with Gasteiger partial charge in [0.25, 0.3) is 0 Å². The summed E-state index contributed by atoms with van der Waals surface area (Å²) in [6.07, 6.45) is 98.9. The molecular formula is C76H124O6. The first-order valence-corrected chi connectivity index (χ1v) is 33.8. The number of allylic oxidation sites excluding steroid dienone is 24. The number of carbonyl (C=O) groups excluding carboxylic acids is 3. The molecule has 0 amide bonds. The number of hydrogen-bond donors (Lipinski definition) is 0. The van der Waals surface area contributed by atoms with Crippen LogP contribution in [0.5, 0.6) is 0 Å². The van der Waals surface area contributed by atoms with Crippen LogP contribution in [0.25, 0.3) is 0 Å². The molecule has 0 radical (unpaired) electrons. The normalized spacial score (nSPS) is 13.1. The minimum Gasteiger partial charge on any atom is -0.462 e. The van der Waals surface area contributed by atoms with Gasteiger partial charge in [-0.05, 0) is 122 Å². The topological polar surface area (TPSA) is 78.9 Å². The van der Waals surface area contributed by atoms with Gasteiger partial charge < -0.3 is 14.2 Å². The lowest BCUT2D eigenvalue weighted by molar-refractivity contribution is -0.167. The highest BCUT2D eigenvalue weighted by molar-refractivity contribution is 5.71. The van der Waals surface area contributed by atoms with E-state index >= 15 is 0 Å². The predicted octanol–water partition coefficient (Wildman–Crippen LogP) is 23.5. The fourth-order valence-corrected chi connectivity index (χ4v) is 9.10. The molecule has 0 rings (SSSR count). The first-order chi connectivity index (χ1) is 40.5. The number of carbonyl (C=O) groups is 3. The lowest BCUT2D eigenvalue weighted by atomic mass is 10.0. The van der Waals surface area contributed by atoms with Crippen molar-refractivity contribution in [3.05, 3.63) is 146 Å². The molecule has 464 valence electrons. The third-order valence-electron chi connectivity index (χ3n) is 14.1. The van der Waals surface area contributed by atoms with E-state index in [0.29, 0.717) is 19.3 Å². The molecular weight excluding hydrogens is 1010 g/mol. The van der Waals surface area contributed by atoms with Crippen LogP contribution in [0.2, 0.25) is 0 Å². The summed E-state index contributed by atoms with van der Waals surface area (Å²) in [5, 5.41) is 0. The SMILES string of the molecule is CC/C=C\C/C=C\C/C=C\C/C=C\C/C=C\C/C=C\CCCCCCCCCCCCCCCCCCC(=O)OCC(COC(=O)CCCCCCCCCC)OC(=O)CCCC/C=C\C/C=C\C/C=C\C/C=C\C/C=C\C/C=C\CC. The molecule has 1 atom stereocenters. The second-order valence-corrected chi connectivity index (χ2v) is 22.0. The van der Waals surface area contributed by atoms with E-state index in [2.05, 4.69) is 167 Å². The fraction of sp³-hybridized carbons (Fsp3) is 0.645. The smallest absolute Gasteiger partial charge is 0.306 e. The van der Waals surface area contributed by atoms with Gasteiger partial charge in [0.1, 0.15) is 13.2 Å². The Balaban J connectivity index is 4.15. The van der Waals surface area contributed by atoms with Gasteiger partial charge in [-0.15, -0.1) is 0 Å². The first kappa shape index (κ1) is 77.3. The Morgan fingerprint density at radius 1 is 0.256 bits per heavy atom. The summed E-state index contributed by atoms with van der Waals surface area (Å²) in [5.74, 6) is -0.942. The second kappa shape index (κ2) is 68.8. The standard InChI is InChI=1S/C76H124O6/c1-4-7-10-13-16-19-21-23-25-27-29-31-32-33-34-35-36-37-38-39-40-41-42-43-44-46-47-49-51-53-55-57-60-63-66-69-75(78)81-72-73(71-80-74(77)68-65-62-59-18-15-12-9-6-3)82-76(79)70-67-64-61-58-56-54-52-50-48-45-30-28-26-24-22-20-17-14-11-8-5-2/h7-8,10-11,16-17,19-20,23-26,29-31,33-34,36-37,45,50,52,56,58,73H,4-6,9,12-15,18,21-22,27-28,32,35,38-44,46-49,51,53-55,57,59-72H2,1-3H3/b10-7-,11-8-,19-16-,20-17-,25-23-,26-24-,31-29-,34-33-,37-36-,45-30-,52-50-,58-56-. The van der Waals surface area contributed by atoms with Gasteiger partial charge in [-0.25, -0.2) is 0 Å². The summed E-state index contributed by atoms with van der Waals surface area (Å²) in [6, 6.07) is 0. The molecule has 0 aliphatic rings. The van der Waals surface area contributed by atoms with Crippen LogP contribution in [0.1, 0.15) is 297 Å². The molecule has 0 aromatic rings. The number of hydrogen-bond acceptors (Lipinski definition) is 6. The average molecular weight is 1130 g/mol. The van der Waals surface area contributed by atoms with E-state index in [-0.39, 0.29) is 37.5 Å². The van der Waals surface area contributed by atoms with Gasteiger partial charge in [0.15, 0.2) is 6.10 Å². The maximum absolute atomic E-state index is 12.9. The third kappa shape index (κ3) is 66.1. The average Bonchev–Trinajstić information content (AvgIpc) is 3.47. The van der Waals surface area contributed by atoms with Crippen LogP contribution in [0.4, 0.5) is 0 Å². The number of esters is 3. The van der Waals surface area contributed by atoms with Crippen molar-refractivity contribution in [3.63, 3.8) is 0 Å². The highest BCUT2D eigenvalue weighted by Gasteiger charge is 2.19. The molecule has 82 heavy (non-hydrogen) atoms. The summed E-state index contributed by atoms with van der Waals surface area (Å²) in [5.41, 5.74) is 0. The Hall–Kier alpha value is -4.71. The van der Waals surface area contributed by atoms with E-state index in [1.54, 1.807) is 0 Å². The molecule has 0 saturated heterocycles. The van der Waals surface area contributed by atoms with Crippen LogP contribution in [0.15, 0.2) is 146 Å². The van der Waals surface area contributed by atoms with Gasteiger partial charge in [0.05, 0.1) is 0 Å². The Kier molecular flexibility index (Phi) is 64.8. The molecule has 0 heterocycles. The quantitative estimate of drug-likeness (QED) is 0.0261. The molecule has 6 nitrogen and oxygen atoms in total. The van der Waals surface area contributed by atoms with Gasteiger partial charge in [0.2, 0.25) is 0 Å². The van der Waals surface area contributed by atoms with Crippen molar-refractivity contribution in [2.24, 2.45) is 0 Å². The van der Waals surface area contributed by atoms with Crippen molar-refractivity contribution < 1.29 is 28.6 Å². The molecule has 0 aliphatic heterocycles. The number of unbranched alkanes of at least 4 members (excludes halogenated alkanes) is 25. The van der Waals surface area contributed by atoms with E-state index in [4.69, 9.17) is 14.2 Å². The zero-order valence-corrected chi connectivity index (χ0v) is 53.2. The van der Waals surface area contributed by atoms with Crippen LogP contribution in [0, 0.1) is 0 Å². The van der Waals surface area contributed by atoms with Gasteiger partial charge in [-0.1, -0.05) is 301 Å². The minimum absolute atomic E-state index is 0.0965. The largest absolute Gasteiger partial charge is 0.462 e. The molecule has 0 fully saturated rings. The van der Waals surface area contributed by atoms with Crippen molar-refractivity contribution in [2.45, 2.75) is 303 Å². The summed E-state index contributed by atoms with van der Waals surface area (Å²) in [4.78, 5) is 38.2. The Bertz CT molecular complexity index is 1780. The van der Waals surface area contributed by atoms with Crippen molar-refractivity contribution >= 4 is 17.9 Å². The predicted molar refractivity (Wildman–Crippen MR) is 357 cm³/mol. The number of ether oxygens (including phenoxy) is 3. The summed E-state index contributed by atoms with van der Waals surface area (Å²) in [7, 11) is 0. The van der Waals surface area contributed by atoms with Crippen LogP contribution < -0.4 is 0 Å². The Labute approximate surface area is 506 Å². The van der Waals surface area contributed by atoms with Gasteiger partial charge in [0, 0.05) is 19.3 Å². The maximum Gasteiger partial charge on any atom is 0.306 e. The van der Waals surface area contributed by atoms with Crippen molar-refractivity contribution in [2.75, 3.05) is 13.2 Å². The highest BCUT2D eigenvalue weighted by Crippen LogP contribution is 2.16. The van der Waals surface area contributed by atoms with E-state index in [1.807, 2.05) is 0 Å². The molecule has 0 spiro atoms. The number of rotatable bonds is 60. The third-order valence-corrected chi connectivity index (χ3v) is 14.1. The van der Waals surface area contributed by atoms with Crippen LogP contribution in [0.3, 0.4) is 0 Å². The van der Waals surface area contributed by atoms with Crippen molar-refractivity contribution in [1.82, 2.24) is 0 Å². The molecule has 1 unspecified atom stereocenters. The Morgan fingerprint density at radius 3 is 0.768 bits per heavy atom. The molecule has 0 saturated carbocycles. The molecule has 0 aromatic carbocycles. The zero-order valence-electron chi connectivity index (χ0n) is 53.2. The van der Waals surface area contributed by atoms with Crippen LogP contribution in [-0.4, -0.2) is 37.2 Å². The van der Waals surface area contributed by atoms with Gasteiger partial charge in [-0.2, -0.15) is 0 Å². The first-order valence-electron chi connectivity index (χ1n) is 33.8. The van der Waals surface area contributed by atoms with Crippen LogP contribution >= 0.6 is 0 Å². The van der Waals surface area contributed by atoms with E-state index in [9.17, 15) is 14.4 Å².